The van der Waals surface area contributed by atoms with E-state index in [2.05, 4.69) is 20.5 Å². The summed E-state index contributed by atoms with van der Waals surface area (Å²) in [6, 6.07) is 6.42. The molecule has 6 rings (SSSR count). The molecule has 1 aromatic carbocycles. The molecule has 4 aromatic rings. The Balaban J connectivity index is 1.54. The van der Waals surface area contributed by atoms with E-state index in [1.165, 1.54) is 12.4 Å². The molecule has 0 fully saturated rings. The first-order chi connectivity index (χ1) is 15.1. The number of fused-ring (bicyclic) bond motifs is 3. The van der Waals surface area contributed by atoms with E-state index in [4.69, 9.17) is 9.47 Å². The number of hydrogen-bond acceptors (Lipinski definition) is 6. The zero-order chi connectivity index (χ0) is 21.1. The molecular formula is C22H17F2N5O2. The fourth-order valence-corrected chi connectivity index (χ4v) is 4.34. The molecule has 5 heterocycles. The van der Waals surface area contributed by atoms with Crippen molar-refractivity contribution >= 4 is 11.5 Å². The number of rotatable bonds is 1. The highest BCUT2D eigenvalue weighted by molar-refractivity contribution is 5.82. The fourth-order valence-electron chi connectivity index (χ4n) is 4.34. The smallest absolute Gasteiger partial charge is 0.170 e. The van der Waals surface area contributed by atoms with Crippen LogP contribution in [0.2, 0.25) is 0 Å². The third-order valence-electron chi connectivity index (χ3n) is 5.87. The second-order valence-corrected chi connectivity index (χ2v) is 7.66. The molecule has 0 bridgehead atoms. The van der Waals surface area contributed by atoms with Crippen molar-refractivity contribution in [2.45, 2.75) is 19.4 Å². The van der Waals surface area contributed by atoms with Gasteiger partial charge in [-0.25, -0.2) is 8.78 Å². The second-order valence-electron chi connectivity index (χ2n) is 7.66. The molecule has 0 radical (unpaired) electrons. The highest BCUT2D eigenvalue weighted by atomic mass is 19.1. The SMILES string of the molecule is Cc1nccc(-c2cc3c(n4cnnc24)NCc2c(F)ccc4c2C(CO4)CO3)c1F. The van der Waals surface area contributed by atoms with E-state index in [1.54, 1.807) is 35.7 Å². The molecule has 0 aliphatic carbocycles. The van der Waals surface area contributed by atoms with Gasteiger partial charge in [-0.3, -0.25) is 9.38 Å². The minimum absolute atomic E-state index is 0.103. The number of nitrogens with zero attached hydrogens (tertiary/aromatic N) is 4. The lowest BCUT2D eigenvalue weighted by Crippen LogP contribution is -2.13. The summed E-state index contributed by atoms with van der Waals surface area (Å²) in [7, 11) is 0. The van der Waals surface area contributed by atoms with Crippen LogP contribution in [-0.4, -0.2) is 32.8 Å². The number of halogens is 2. The second kappa shape index (κ2) is 6.63. The Kier molecular flexibility index (Phi) is 3.86. The van der Waals surface area contributed by atoms with Crippen LogP contribution in [0, 0.1) is 18.6 Å². The van der Waals surface area contributed by atoms with Gasteiger partial charge in [0.1, 0.15) is 17.9 Å². The summed E-state index contributed by atoms with van der Waals surface area (Å²) in [5, 5.41) is 11.5. The molecule has 3 aromatic heterocycles. The Hall–Kier alpha value is -3.75. The van der Waals surface area contributed by atoms with Crippen LogP contribution in [0.5, 0.6) is 11.5 Å². The van der Waals surface area contributed by atoms with E-state index in [-0.39, 0.29) is 18.3 Å². The first-order valence-corrected chi connectivity index (χ1v) is 9.90. The average Bonchev–Trinajstić information content (AvgIpc) is 3.41. The molecule has 31 heavy (non-hydrogen) atoms. The summed E-state index contributed by atoms with van der Waals surface area (Å²) in [4.78, 5) is 4.01. The maximum atomic E-state index is 14.9. The molecule has 1 unspecified atom stereocenters. The van der Waals surface area contributed by atoms with Gasteiger partial charge >= 0.3 is 0 Å². The van der Waals surface area contributed by atoms with Crippen molar-refractivity contribution in [3.63, 3.8) is 0 Å². The molecule has 1 atom stereocenters. The Morgan fingerprint density at radius 2 is 1.94 bits per heavy atom. The lowest BCUT2D eigenvalue weighted by molar-refractivity contribution is 0.249. The van der Waals surface area contributed by atoms with Crippen LogP contribution >= 0.6 is 0 Å². The van der Waals surface area contributed by atoms with Gasteiger partial charge in [-0.15, -0.1) is 10.2 Å². The van der Waals surface area contributed by atoms with E-state index < -0.39 is 5.82 Å². The summed E-state index contributed by atoms with van der Waals surface area (Å²) in [5.41, 5.74) is 3.03. The first kappa shape index (κ1) is 18.1. The topological polar surface area (TPSA) is 73.6 Å². The van der Waals surface area contributed by atoms with Gasteiger partial charge in [0, 0.05) is 35.0 Å². The van der Waals surface area contributed by atoms with E-state index in [0.717, 1.165) is 5.56 Å². The van der Waals surface area contributed by atoms with Crippen LogP contribution in [0.15, 0.2) is 36.8 Å². The van der Waals surface area contributed by atoms with Crippen LogP contribution < -0.4 is 14.8 Å². The van der Waals surface area contributed by atoms with Crippen LogP contribution in [0.1, 0.15) is 22.7 Å². The summed E-state index contributed by atoms with van der Waals surface area (Å²) in [5.74, 6) is 0.934. The summed E-state index contributed by atoms with van der Waals surface area (Å²) in [6.07, 6.45) is 3.08. The molecule has 156 valence electrons. The standard InChI is InChI=1S/C22H17F2N5O2/c1-11-20(24)13(4-5-25-11)14-6-18-22(29-10-27-28-21(14)29)26-7-15-16(23)2-3-17-19(15)12(8-30-17)9-31-18/h2-6,10,12,26H,7-9H2,1H3. The van der Waals surface area contributed by atoms with Crippen molar-refractivity contribution < 1.29 is 18.3 Å². The van der Waals surface area contributed by atoms with Gasteiger partial charge in [0.2, 0.25) is 0 Å². The third kappa shape index (κ3) is 2.66. The molecule has 2 aliphatic rings. The predicted octanol–water partition coefficient (Wildman–Crippen LogP) is 3.86. The lowest BCUT2D eigenvalue weighted by atomic mass is 9.96. The van der Waals surface area contributed by atoms with Crippen LogP contribution in [0.4, 0.5) is 14.6 Å². The van der Waals surface area contributed by atoms with Gasteiger partial charge in [-0.2, -0.15) is 0 Å². The fraction of sp³-hybridized carbons (Fsp3) is 0.227. The number of hydrogen-bond donors (Lipinski definition) is 1. The normalized spacial score (nSPS) is 16.9. The van der Waals surface area contributed by atoms with Crippen molar-refractivity contribution in [2.75, 3.05) is 18.5 Å². The lowest BCUT2D eigenvalue weighted by Gasteiger charge is -2.17. The van der Waals surface area contributed by atoms with E-state index in [1.807, 2.05) is 0 Å². The Morgan fingerprint density at radius 1 is 1.10 bits per heavy atom. The van der Waals surface area contributed by atoms with Crippen LogP contribution in [0.3, 0.4) is 0 Å². The first-order valence-electron chi connectivity index (χ1n) is 9.90. The van der Waals surface area contributed by atoms with E-state index >= 15 is 0 Å². The number of anilines is 1. The van der Waals surface area contributed by atoms with Gasteiger partial charge < -0.3 is 14.8 Å². The molecule has 0 spiro atoms. The Morgan fingerprint density at radius 3 is 2.81 bits per heavy atom. The Bertz CT molecular complexity index is 1350. The van der Waals surface area contributed by atoms with Crippen LogP contribution in [-0.2, 0) is 6.54 Å². The number of aryl methyl sites for hydroxylation is 1. The van der Waals surface area contributed by atoms with Crippen molar-refractivity contribution in [3.8, 4) is 22.6 Å². The zero-order valence-electron chi connectivity index (χ0n) is 16.5. The van der Waals surface area contributed by atoms with Crippen molar-refractivity contribution in [1.29, 1.82) is 0 Å². The van der Waals surface area contributed by atoms with Crippen LogP contribution in [0.25, 0.3) is 16.8 Å². The Labute approximate surface area is 175 Å². The molecule has 1 N–H and O–H groups in total. The predicted molar refractivity (Wildman–Crippen MR) is 108 cm³/mol. The largest absolute Gasteiger partial charge is 0.493 e. The minimum atomic E-state index is -0.424. The molecular weight excluding hydrogens is 404 g/mol. The highest BCUT2D eigenvalue weighted by Crippen LogP contribution is 2.42. The highest BCUT2D eigenvalue weighted by Gasteiger charge is 2.31. The monoisotopic (exact) mass is 421 g/mol. The number of pyridine rings is 2. The number of ether oxygens (including phenoxy) is 2. The molecule has 7 nitrogen and oxygen atoms in total. The molecule has 0 amide bonds. The van der Waals surface area contributed by atoms with Crippen molar-refractivity contribution in [2.24, 2.45) is 0 Å². The molecule has 9 heteroatoms. The summed E-state index contributed by atoms with van der Waals surface area (Å²) >= 11 is 0. The molecule has 2 aliphatic heterocycles. The minimum Gasteiger partial charge on any atom is -0.493 e. The molecule has 0 saturated heterocycles. The molecule has 0 saturated carbocycles. The van der Waals surface area contributed by atoms with Gasteiger partial charge in [0.05, 0.1) is 24.8 Å². The van der Waals surface area contributed by atoms with E-state index in [0.29, 0.717) is 58.6 Å². The van der Waals surface area contributed by atoms with Gasteiger partial charge in [-0.05, 0) is 31.2 Å². The zero-order valence-corrected chi connectivity index (χ0v) is 16.5. The summed E-state index contributed by atoms with van der Waals surface area (Å²) in [6.45, 7) is 2.56. The third-order valence-corrected chi connectivity index (χ3v) is 5.87. The van der Waals surface area contributed by atoms with Crippen molar-refractivity contribution in [1.82, 2.24) is 19.6 Å². The number of nitrogens with one attached hydrogen (secondary N) is 1. The maximum absolute atomic E-state index is 14.9. The maximum Gasteiger partial charge on any atom is 0.170 e. The van der Waals surface area contributed by atoms with Gasteiger partial charge in [-0.1, -0.05) is 0 Å². The van der Waals surface area contributed by atoms with Gasteiger partial charge in [0.25, 0.3) is 0 Å². The number of aromatic nitrogens is 4. The van der Waals surface area contributed by atoms with Crippen molar-refractivity contribution in [3.05, 3.63) is 65.2 Å². The van der Waals surface area contributed by atoms with E-state index in [9.17, 15) is 8.78 Å². The van der Waals surface area contributed by atoms with Gasteiger partial charge in [0.15, 0.2) is 23.0 Å². The number of benzene rings is 1. The summed E-state index contributed by atoms with van der Waals surface area (Å²) < 4.78 is 43.2. The average molecular weight is 421 g/mol. The quantitative estimate of drug-likeness (QED) is 0.503.